The summed E-state index contributed by atoms with van der Waals surface area (Å²) in [5.74, 6) is -0.890. The van der Waals surface area contributed by atoms with Gasteiger partial charge in [0.15, 0.2) is 0 Å². The number of halogens is 1. The van der Waals surface area contributed by atoms with Gasteiger partial charge in [-0.3, -0.25) is 4.79 Å². The van der Waals surface area contributed by atoms with Crippen molar-refractivity contribution in [1.29, 1.82) is 0 Å². The number of aliphatic carboxylic acids is 1. The number of alkyl halides is 1. The molecule has 0 aliphatic rings. The predicted octanol–water partition coefficient (Wildman–Crippen LogP) is 3.56. The van der Waals surface area contributed by atoms with Gasteiger partial charge in [0, 0.05) is 16.6 Å². The van der Waals surface area contributed by atoms with Crippen LogP contribution in [0.3, 0.4) is 0 Å². The van der Waals surface area contributed by atoms with Crippen LogP contribution in [0.5, 0.6) is 0 Å². The number of carbonyl (C=O) groups is 1. The molecule has 0 aromatic heterocycles. The molecule has 0 saturated heterocycles. The van der Waals surface area contributed by atoms with E-state index in [2.05, 4.69) is 0 Å². The Labute approximate surface area is 123 Å². The summed E-state index contributed by atoms with van der Waals surface area (Å²) in [5, 5.41) is 8.28. The van der Waals surface area contributed by atoms with Crippen molar-refractivity contribution in [2.75, 3.05) is 5.73 Å². The van der Waals surface area contributed by atoms with E-state index in [-0.39, 0.29) is 6.42 Å². The third-order valence-electron chi connectivity index (χ3n) is 3.05. The van der Waals surface area contributed by atoms with Crippen molar-refractivity contribution < 1.29 is 9.90 Å². The molecule has 3 nitrogen and oxygen atoms in total. The maximum Gasteiger partial charge on any atom is 0.304 e. The van der Waals surface area contributed by atoms with Crippen LogP contribution in [0.4, 0.5) is 5.69 Å². The molecule has 0 heterocycles. The SMILES string of the molecule is Nc1cc(CC(Cl)CC(=O)O)ccc1-c1ccccc1. The average Bonchev–Trinajstić information content (AvgIpc) is 2.38. The Balaban J connectivity index is 2.16. The molecule has 3 N–H and O–H groups in total. The fourth-order valence-corrected chi connectivity index (χ4v) is 2.45. The second kappa shape index (κ2) is 6.44. The van der Waals surface area contributed by atoms with Crippen molar-refractivity contribution in [3.8, 4) is 11.1 Å². The van der Waals surface area contributed by atoms with E-state index in [1.54, 1.807) is 0 Å². The summed E-state index contributed by atoms with van der Waals surface area (Å²) in [6.45, 7) is 0. The fourth-order valence-electron chi connectivity index (χ4n) is 2.14. The third kappa shape index (κ3) is 3.75. The molecule has 0 fully saturated rings. The molecule has 0 aliphatic carbocycles. The van der Waals surface area contributed by atoms with Crippen molar-refractivity contribution in [1.82, 2.24) is 0 Å². The first-order chi connectivity index (χ1) is 9.56. The Hall–Kier alpha value is -2.00. The van der Waals surface area contributed by atoms with Crippen LogP contribution in [-0.2, 0) is 11.2 Å². The van der Waals surface area contributed by atoms with Crippen LogP contribution in [0, 0.1) is 0 Å². The van der Waals surface area contributed by atoms with Gasteiger partial charge in [-0.1, -0.05) is 42.5 Å². The van der Waals surface area contributed by atoms with E-state index in [4.69, 9.17) is 22.4 Å². The van der Waals surface area contributed by atoms with Gasteiger partial charge in [-0.2, -0.15) is 0 Å². The first kappa shape index (κ1) is 14.4. The van der Waals surface area contributed by atoms with Crippen molar-refractivity contribution in [2.45, 2.75) is 18.2 Å². The molecule has 0 spiro atoms. The Bertz CT molecular complexity index is 599. The lowest BCUT2D eigenvalue weighted by Gasteiger charge is -2.11. The Morgan fingerprint density at radius 2 is 1.90 bits per heavy atom. The van der Waals surface area contributed by atoms with Crippen molar-refractivity contribution >= 4 is 23.3 Å². The number of hydrogen-bond donors (Lipinski definition) is 2. The molecule has 4 heteroatoms. The van der Waals surface area contributed by atoms with E-state index in [1.807, 2.05) is 48.5 Å². The van der Waals surface area contributed by atoms with Crippen LogP contribution in [0.2, 0.25) is 0 Å². The summed E-state index contributed by atoms with van der Waals surface area (Å²) in [6.07, 6.45) is 0.440. The van der Waals surface area contributed by atoms with Gasteiger partial charge < -0.3 is 10.8 Å². The molecule has 104 valence electrons. The first-order valence-electron chi connectivity index (χ1n) is 6.36. The van der Waals surface area contributed by atoms with Crippen LogP contribution in [0.1, 0.15) is 12.0 Å². The second-order valence-electron chi connectivity index (χ2n) is 4.69. The number of nitrogens with two attached hydrogens (primary N) is 1. The molecular weight excluding hydrogens is 274 g/mol. The molecular formula is C16H16ClNO2. The Morgan fingerprint density at radius 3 is 2.50 bits per heavy atom. The third-order valence-corrected chi connectivity index (χ3v) is 3.36. The highest BCUT2D eigenvalue weighted by Gasteiger charge is 2.12. The normalized spacial score (nSPS) is 12.1. The number of nitrogen functional groups attached to an aromatic ring is 1. The number of rotatable bonds is 5. The maximum absolute atomic E-state index is 10.6. The molecule has 0 aliphatic heterocycles. The Morgan fingerprint density at radius 1 is 1.20 bits per heavy atom. The van der Waals surface area contributed by atoms with Crippen molar-refractivity contribution in [2.24, 2.45) is 0 Å². The maximum atomic E-state index is 10.6. The number of benzene rings is 2. The molecule has 1 atom stereocenters. The quantitative estimate of drug-likeness (QED) is 0.653. The minimum absolute atomic E-state index is 0.0537. The molecule has 2 rings (SSSR count). The highest BCUT2D eigenvalue weighted by atomic mass is 35.5. The summed E-state index contributed by atoms with van der Waals surface area (Å²) >= 11 is 6.00. The number of hydrogen-bond acceptors (Lipinski definition) is 2. The van der Waals surface area contributed by atoms with Gasteiger partial charge >= 0.3 is 5.97 Å². The lowest BCUT2D eigenvalue weighted by atomic mass is 9.99. The molecule has 0 amide bonds. The highest BCUT2D eigenvalue weighted by molar-refractivity contribution is 6.21. The van der Waals surface area contributed by atoms with Crippen LogP contribution < -0.4 is 5.73 Å². The fraction of sp³-hybridized carbons (Fsp3) is 0.188. The number of carboxylic acids is 1. The second-order valence-corrected chi connectivity index (χ2v) is 5.30. The van der Waals surface area contributed by atoms with Gasteiger partial charge in [0.2, 0.25) is 0 Å². The summed E-state index contributed by atoms with van der Waals surface area (Å²) in [4.78, 5) is 10.6. The van der Waals surface area contributed by atoms with E-state index in [0.29, 0.717) is 12.1 Å². The standard InChI is InChI=1S/C16H16ClNO2/c17-13(10-16(19)20)8-11-6-7-14(15(18)9-11)12-4-2-1-3-5-12/h1-7,9,13H,8,10,18H2,(H,19,20). The van der Waals surface area contributed by atoms with Gasteiger partial charge in [-0.05, 0) is 23.6 Å². The van der Waals surface area contributed by atoms with Crippen LogP contribution in [0.15, 0.2) is 48.5 Å². The molecule has 2 aromatic rings. The van der Waals surface area contributed by atoms with Crippen LogP contribution >= 0.6 is 11.6 Å². The van der Waals surface area contributed by atoms with E-state index >= 15 is 0 Å². The average molecular weight is 290 g/mol. The van der Waals surface area contributed by atoms with Crippen molar-refractivity contribution in [3.63, 3.8) is 0 Å². The predicted molar refractivity (Wildman–Crippen MR) is 81.9 cm³/mol. The molecule has 0 saturated carbocycles. The number of anilines is 1. The smallest absolute Gasteiger partial charge is 0.304 e. The molecule has 0 bridgehead atoms. The van der Waals surface area contributed by atoms with Gasteiger partial charge in [-0.25, -0.2) is 0 Å². The summed E-state index contributed by atoms with van der Waals surface area (Å²) in [7, 11) is 0. The summed E-state index contributed by atoms with van der Waals surface area (Å²) in [5.41, 5.74) is 9.72. The van der Waals surface area contributed by atoms with E-state index in [0.717, 1.165) is 16.7 Å². The lowest BCUT2D eigenvalue weighted by molar-refractivity contribution is -0.137. The first-order valence-corrected chi connectivity index (χ1v) is 6.79. The number of carboxylic acid groups (broad SMARTS) is 1. The topological polar surface area (TPSA) is 63.3 Å². The lowest BCUT2D eigenvalue weighted by Crippen LogP contribution is -2.10. The summed E-state index contributed by atoms with van der Waals surface area (Å²) in [6, 6.07) is 15.6. The Kier molecular flexibility index (Phi) is 4.64. The summed E-state index contributed by atoms with van der Waals surface area (Å²) < 4.78 is 0. The largest absolute Gasteiger partial charge is 0.481 e. The monoisotopic (exact) mass is 289 g/mol. The van der Waals surface area contributed by atoms with Crippen molar-refractivity contribution in [3.05, 3.63) is 54.1 Å². The van der Waals surface area contributed by atoms with Gasteiger partial charge in [0.1, 0.15) is 0 Å². The molecule has 20 heavy (non-hydrogen) atoms. The zero-order valence-electron chi connectivity index (χ0n) is 10.9. The van der Waals surface area contributed by atoms with E-state index < -0.39 is 11.3 Å². The minimum Gasteiger partial charge on any atom is -0.481 e. The van der Waals surface area contributed by atoms with Gasteiger partial charge in [0.05, 0.1) is 6.42 Å². The van der Waals surface area contributed by atoms with Crippen LogP contribution in [0.25, 0.3) is 11.1 Å². The van der Waals surface area contributed by atoms with Gasteiger partial charge in [-0.15, -0.1) is 11.6 Å². The minimum atomic E-state index is -0.890. The molecule has 1 unspecified atom stereocenters. The van der Waals surface area contributed by atoms with Crippen LogP contribution in [-0.4, -0.2) is 16.5 Å². The molecule has 0 radical (unpaired) electrons. The van der Waals surface area contributed by atoms with E-state index in [1.165, 1.54) is 0 Å². The van der Waals surface area contributed by atoms with Gasteiger partial charge in [0.25, 0.3) is 0 Å². The van der Waals surface area contributed by atoms with E-state index in [9.17, 15) is 4.79 Å². The zero-order chi connectivity index (χ0) is 14.5. The highest BCUT2D eigenvalue weighted by Crippen LogP contribution is 2.27. The molecule has 2 aromatic carbocycles. The zero-order valence-corrected chi connectivity index (χ0v) is 11.7.